The Bertz CT molecular complexity index is 826. The lowest BCUT2D eigenvalue weighted by Crippen LogP contribution is -2.34. The van der Waals surface area contributed by atoms with Gasteiger partial charge in [-0.2, -0.15) is 5.10 Å². The lowest BCUT2D eigenvalue weighted by atomic mass is 9.90. The van der Waals surface area contributed by atoms with Gasteiger partial charge in [-0.15, -0.1) is 0 Å². The molecule has 134 valence electrons. The summed E-state index contributed by atoms with van der Waals surface area (Å²) in [6, 6.07) is 17.4. The number of benzene rings is 2. The highest BCUT2D eigenvalue weighted by Gasteiger charge is 2.24. The van der Waals surface area contributed by atoms with E-state index >= 15 is 0 Å². The first-order valence-corrected chi connectivity index (χ1v) is 9.31. The van der Waals surface area contributed by atoms with Gasteiger partial charge in [0.15, 0.2) is 0 Å². The van der Waals surface area contributed by atoms with E-state index in [1.165, 1.54) is 35.2 Å². The Morgan fingerprint density at radius 2 is 1.85 bits per heavy atom. The summed E-state index contributed by atoms with van der Waals surface area (Å²) >= 11 is 0. The van der Waals surface area contributed by atoms with Gasteiger partial charge < -0.3 is 0 Å². The van der Waals surface area contributed by atoms with Crippen LogP contribution in [-0.2, 0) is 13.0 Å². The van der Waals surface area contributed by atoms with E-state index in [0.717, 1.165) is 26.1 Å². The molecule has 3 nitrogen and oxygen atoms in total. The van der Waals surface area contributed by atoms with E-state index in [-0.39, 0.29) is 5.82 Å². The summed E-state index contributed by atoms with van der Waals surface area (Å²) < 4.78 is 13.1. The zero-order valence-corrected chi connectivity index (χ0v) is 14.9. The van der Waals surface area contributed by atoms with Crippen LogP contribution < -0.4 is 0 Å². The monoisotopic (exact) mass is 349 g/mol. The zero-order chi connectivity index (χ0) is 17.8. The van der Waals surface area contributed by atoms with Crippen LogP contribution in [-0.4, -0.2) is 28.2 Å². The number of hydrogen-bond acceptors (Lipinski definition) is 2. The molecule has 1 aromatic heterocycles. The molecular formula is C22H24FN3. The summed E-state index contributed by atoms with van der Waals surface area (Å²) in [7, 11) is 0. The van der Waals surface area contributed by atoms with Gasteiger partial charge in [0, 0.05) is 31.1 Å². The molecule has 0 spiro atoms. The van der Waals surface area contributed by atoms with Gasteiger partial charge in [0.1, 0.15) is 5.82 Å². The molecule has 0 radical (unpaired) electrons. The second-order valence-corrected chi connectivity index (χ2v) is 7.17. The average molecular weight is 349 g/mol. The maximum absolute atomic E-state index is 13.1. The predicted molar refractivity (Wildman–Crippen MR) is 101 cm³/mol. The van der Waals surface area contributed by atoms with Crippen molar-refractivity contribution in [2.24, 2.45) is 0 Å². The minimum absolute atomic E-state index is 0.173. The number of halogens is 1. The molecule has 4 rings (SSSR count). The molecule has 1 aliphatic heterocycles. The number of H-pyrrole nitrogens is 1. The molecule has 0 aliphatic carbocycles. The van der Waals surface area contributed by atoms with Gasteiger partial charge in [0.2, 0.25) is 0 Å². The van der Waals surface area contributed by atoms with Crippen molar-refractivity contribution in [2.45, 2.75) is 31.7 Å². The fraction of sp³-hybridized carbons (Fsp3) is 0.318. The largest absolute Gasteiger partial charge is 0.298 e. The van der Waals surface area contributed by atoms with Gasteiger partial charge in [-0.05, 0) is 48.2 Å². The Morgan fingerprint density at radius 1 is 1.04 bits per heavy atom. The second kappa shape index (κ2) is 7.83. The van der Waals surface area contributed by atoms with Crippen LogP contribution in [0.25, 0.3) is 0 Å². The van der Waals surface area contributed by atoms with E-state index in [4.69, 9.17) is 0 Å². The lowest BCUT2D eigenvalue weighted by molar-refractivity contribution is 0.198. The van der Waals surface area contributed by atoms with E-state index in [2.05, 4.69) is 39.4 Å². The number of nitrogens with zero attached hydrogens (tertiary/aromatic N) is 2. The van der Waals surface area contributed by atoms with Crippen molar-refractivity contribution in [3.05, 3.63) is 89.0 Å². The third-order valence-electron chi connectivity index (χ3n) is 5.22. The van der Waals surface area contributed by atoms with Crippen LogP contribution in [0.15, 0.2) is 60.8 Å². The smallest absolute Gasteiger partial charge is 0.123 e. The van der Waals surface area contributed by atoms with Crippen LogP contribution in [0.1, 0.15) is 41.1 Å². The third kappa shape index (κ3) is 4.02. The van der Waals surface area contributed by atoms with E-state index in [0.29, 0.717) is 5.92 Å². The molecule has 1 fully saturated rings. The standard InChI is InChI=1S/C22H24FN3/c23-21-10-8-18(9-11-21)15-26-12-4-7-19(16-26)22-20(14-24-25-22)13-17-5-2-1-3-6-17/h1-3,5-6,8-11,14,19H,4,7,12-13,15-16H2,(H,24,25). The number of aromatic nitrogens is 2. The van der Waals surface area contributed by atoms with E-state index in [9.17, 15) is 4.39 Å². The van der Waals surface area contributed by atoms with Crippen molar-refractivity contribution in [3.63, 3.8) is 0 Å². The topological polar surface area (TPSA) is 31.9 Å². The van der Waals surface area contributed by atoms with E-state index < -0.39 is 0 Å². The normalized spacial score (nSPS) is 18.1. The summed E-state index contributed by atoms with van der Waals surface area (Å²) in [5.74, 6) is 0.304. The van der Waals surface area contributed by atoms with E-state index in [1.54, 1.807) is 12.1 Å². The number of aromatic amines is 1. The average Bonchev–Trinajstić information content (AvgIpc) is 3.13. The van der Waals surface area contributed by atoms with Crippen molar-refractivity contribution in [2.75, 3.05) is 13.1 Å². The van der Waals surface area contributed by atoms with Gasteiger partial charge in [0.25, 0.3) is 0 Å². The summed E-state index contributed by atoms with van der Waals surface area (Å²) in [6.07, 6.45) is 5.25. The van der Waals surface area contributed by atoms with Crippen molar-refractivity contribution in [1.82, 2.24) is 15.1 Å². The van der Waals surface area contributed by atoms with Gasteiger partial charge in [-0.25, -0.2) is 4.39 Å². The molecule has 2 aromatic carbocycles. The number of piperidine rings is 1. The molecule has 4 heteroatoms. The molecule has 1 aliphatic rings. The van der Waals surface area contributed by atoms with Crippen molar-refractivity contribution >= 4 is 0 Å². The molecule has 0 saturated carbocycles. The summed E-state index contributed by atoms with van der Waals surface area (Å²) in [5.41, 5.74) is 5.05. The maximum Gasteiger partial charge on any atom is 0.123 e. The second-order valence-electron chi connectivity index (χ2n) is 7.17. The van der Waals surface area contributed by atoms with Gasteiger partial charge in [-0.3, -0.25) is 10.00 Å². The Balaban J connectivity index is 1.45. The van der Waals surface area contributed by atoms with Crippen molar-refractivity contribution < 1.29 is 4.39 Å². The Kier molecular flexibility index (Phi) is 5.12. The van der Waals surface area contributed by atoms with Gasteiger partial charge >= 0.3 is 0 Å². The highest BCUT2D eigenvalue weighted by Crippen LogP contribution is 2.29. The molecule has 3 aromatic rings. The molecule has 26 heavy (non-hydrogen) atoms. The first-order chi connectivity index (χ1) is 12.8. The summed E-state index contributed by atoms with van der Waals surface area (Å²) in [5, 5.41) is 7.59. The first kappa shape index (κ1) is 17.0. The molecule has 1 N–H and O–H groups in total. The maximum atomic E-state index is 13.1. The molecule has 1 saturated heterocycles. The minimum atomic E-state index is -0.173. The Morgan fingerprint density at radius 3 is 2.65 bits per heavy atom. The highest BCUT2D eigenvalue weighted by atomic mass is 19.1. The lowest BCUT2D eigenvalue weighted by Gasteiger charge is -2.32. The zero-order valence-electron chi connectivity index (χ0n) is 14.9. The molecular weight excluding hydrogens is 325 g/mol. The van der Waals surface area contributed by atoms with E-state index in [1.807, 2.05) is 24.4 Å². The molecule has 0 amide bonds. The van der Waals surface area contributed by atoms with Crippen molar-refractivity contribution in [3.8, 4) is 0 Å². The van der Waals surface area contributed by atoms with Gasteiger partial charge in [0.05, 0.1) is 6.20 Å². The molecule has 1 unspecified atom stereocenters. The molecule has 0 bridgehead atoms. The quantitative estimate of drug-likeness (QED) is 0.734. The molecule has 2 heterocycles. The first-order valence-electron chi connectivity index (χ1n) is 9.31. The summed E-state index contributed by atoms with van der Waals surface area (Å²) in [6.45, 7) is 2.98. The number of likely N-dealkylation sites (tertiary alicyclic amines) is 1. The number of nitrogens with one attached hydrogen (secondary N) is 1. The SMILES string of the molecule is Fc1ccc(CN2CCCC(c3[nH]ncc3Cc3ccccc3)C2)cc1. The predicted octanol–water partition coefficient (Wildman–Crippen LogP) is 4.52. The molecule has 1 atom stereocenters. The highest BCUT2D eigenvalue weighted by molar-refractivity contribution is 5.29. The van der Waals surface area contributed by atoms with Crippen LogP contribution in [0.2, 0.25) is 0 Å². The van der Waals surface area contributed by atoms with Crippen LogP contribution >= 0.6 is 0 Å². The van der Waals surface area contributed by atoms with Crippen LogP contribution in [0, 0.1) is 5.82 Å². The fourth-order valence-corrected chi connectivity index (χ4v) is 3.91. The third-order valence-corrected chi connectivity index (χ3v) is 5.22. The Hall–Kier alpha value is -2.46. The number of hydrogen-bond donors (Lipinski definition) is 1. The van der Waals surface area contributed by atoms with Crippen LogP contribution in [0.3, 0.4) is 0 Å². The van der Waals surface area contributed by atoms with Crippen LogP contribution in [0.4, 0.5) is 4.39 Å². The number of rotatable bonds is 5. The Labute approximate surface area is 153 Å². The van der Waals surface area contributed by atoms with Crippen LogP contribution in [0.5, 0.6) is 0 Å². The minimum Gasteiger partial charge on any atom is -0.298 e. The fourth-order valence-electron chi connectivity index (χ4n) is 3.91. The summed E-state index contributed by atoms with van der Waals surface area (Å²) in [4.78, 5) is 2.47. The van der Waals surface area contributed by atoms with Gasteiger partial charge in [-0.1, -0.05) is 42.5 Å². The van der Waals surface area contributed by atoms with Crippen molar-refractivity contribution in [1.29, 1.82) is 0 Å².